The summed E-state index contributed by atoms with van der Waals surface area (Å²) in [6.07, 6.45) is 1.68. The Bertz CT molecular complexity index is 612. The first kappa shape index (κ1) is 16.8. The number of carbonyl (C=O) groups excluding carboxylic acids is 1. The fraction of sp³-hybridized carbons (Fsp3) is 0.400. The second-order valence-corrected chi connectivity index (χ2v) is 4.71. The molecule has 0 aliphatic heterocycles. The standard InChI is InChI=1S/C15H20N4O4/c1-21-8-7-16-15(20)10-19-9-12(17-18-19)11-23-14-5-3-13(22-2)4-6-14/h3-6,9H,7-8,10-11H2,1-2H3,(H,16,20). The van der Waals surface area contributed by atoms with Crippen LogP contribution in [0.3, 0.4) is 0 Å². The minimum absolute atomic E-state index is 0.110. The number of nitrogens with one attached hydrogen (secondary N) is 1. The van der Waals surface area contributed by atoms with Gasteiger partial charge in [0.15, 0.2) is 0 Å². The van der Waals surface area contributed by atoms with Gasteiger partial charge in [-0.3, -0.25) is 4.79 Å². The zero-order valence-electron chi connectivity index (χ0n) is 13.2. The molecule has 1 aromatic carbocycles. The summed E-state index contributed by atoms with van der Waals surface area (Å²) in [5, 5.41) is 10.6. The van der Waals surface area contributed by atoms with Crippen molar-refractivity contribution in [2.75, 3.05) is 27.4 Å². The Morgan fingerprint density at radius 3 is 2.65 bits per heavy atom. The molecule has 1 heterocycles. The fourth-order valence-corrected chi connectivity index (χ4v) is 1.81. The molecule has 0 spiro atoms. The van der Waals surface area contributed by atoms with Crippen LogP contribution in [0.5, 0.6) is 11.5 Å². The highest BCUT2D eigenvalue weighted by Crippen LogP contribution is 2.17. The summed E-state index contributed by atoms with van der Waals surface area (Å²) in [6, 6.07) is 7.26. The van der Waals surface area contributed by atoms with Crippen LogP contribution in [0, 0.1) is 0 Å². The van der Waals surface area contributed by atoms with E-state index < -0.39 is 0 Å². The Labute approximate surface area is 134 Å². The van der Waals surface area contributed by atoms with E-state index in [0.29, 0.717) is 24.6 Å². The van der Waals surface area contributed by atoms with Gasteiger partial charge in [0.05, 0.1) is 19.9 Å². The third-order valence-electron chi connectivity index (χ3n) is 2.97. The van der Waals surface area contributed by atoms with Gasteiger partial charge in [-0.05, 0) is 24.3 Å². The average Bonchev–Trinajstić information content (AvgIpc) is 3.01. The van der Waals surface area contributed by atoms with Crippen LogP contribution in [-0.2, 0) is 22.7 Å². The molecule has 23 heavy (non-hydrogen) atoms. The lowest BCUT2D eigenvalue weighted by Crippen LogP contribution is -2.30. The maximum atomic E-state index is 11.6. The van der Waals surface area contributed by atoms with Crippen LogP contribution in [0.2, 0.25) is 0 Å². The lowest BCUT2D eigenvalue weighted by Gasteiger charge is -2.05. The van der Waals surface area contributed by atoms with Crippen LogP contribution in [-0.4, -0.2) is 48.3 Å². The van der Waals surface area contributed by atoms with E-state index in [9.17, 15) is 4.79 Å². The van der Waals surface area contributed by atoms with E-state index in [0.717, 1.165) is 5.75 Å². The van der Waals surface area contributed by atoms with Crippen LogP contribution in [0.25, 0.3) is 0 Å². The zero-order valence-corrected chi connectivity index (χ0v) is 13.2. The molecule has 8 nitrogen and oxygen atoms in total. The number of amides is 1. The van der Waals surface area contributed by atoms with E-state index in [1.807, 2.05) is 24.3 Å². The van der Waals surface area contributed by atoms with Gasteiger partial charge in [-0.1, -0.05) is 5.21 Å². The summed E-state index contributed by atoms with van der Waals surface area (Å²) in [6.45, 7) is 1.33. The van der Waals surface area contributed by atoms with Crippen LogP contribution >= 0.6 is 0 Å². The average molecular weight is 320 g/mol. The summed E-state index contributed by atoms with van der Waals surface area (Å²) >= 11 is 0. The van der Waals surface area contributed by atoms with Gasteiger partial charge in [-0.15, -0.1) is 5.10 Å². The van der Waals surface area contributed by atoms with Crippen molar-refractivity contribution in [1.29, 1.82) is 0 Å². The molecule has 124 valence electrons. The predicted octanol–water partition coefficient (Wildman–Crippen LogP) is 0.628. The van der Waals surface area contributed by atoms with Crippen molar-refractivity contribution in [3.05, 3.63) is 36.2 Å². The first-order valence-electron chi connectivity index (χ1n) is 7.12. The van der Waals surface area contributed by atoms with Crippen molar-refractivity contribution in [2.45, 2.75) is 13.2 Å². The minimum Gasteiger partial charge on any atom is -0.497 e. The first-order valence-corrected chi connectivity index (χ1v) is 7.12. The summed E-state index contributed by atoms with van der Waals surface area (Å²) in [7, 11) is 3.19. The van der Waals surface area contributed by atoms with Crippen LogP contribution in [0.1, 0.15) is 5.69 Å². The maximum absolute atomic E-state index is 11.6. The molecule has 0 atom stereocenters. The van der Waals surface area contributed by atoms with E-state index in [2.05, 4.69) is 15.6 Å². The van der Waals surface area contributed by atoms with Gasteiger partial charge in [0.25, 0.3) is 0 Å². The zero-order chi connectivity index (χ0) is 16.5. The highest BCUT2D eigenvalue weighted by atomic mass is 16.5. The molecule has 0 aliphatic rings. The van der Waals surface area contributed by atoms with E-state index in [1.165, 1.54) is 4.68 Å². The second-order valence-electron chi connectivity index (χ2n) is 4.71. The molecule has 0 radical (unpaired) electrons. The van der Waals surface area contributed by atoms with Crippen molar-refractivity contribution >= 4 is 5.91 Å². The van der Waals surface area contributed by atoms with Crippen LogP contribution < -0.4 is 14.8 Å². The predicted molar refractivity (Wildman–Crippen MR) is 82.2 cm³/mol. The Hall–Kier alpha value is -2.61. The Kier molecular flexibility index (Phi) is 6.37. The SMILES string of the molecule is COCCNC(=O)Cn1cc(COc2ccc(OC)cc2)nn1. The van der Waals surface area contributed by atoms with Gasteiger partial charge in [0.2, 0.25) is 5.91 Å². The topological polar surface area (TPSA) is 87.5 Å². The Morgan fingerprint density at radius 2 is 1.96 bits per heavy atom. The lowest BCUT2D eigenvalue weighted by atomic mass is 10.3. The fourth-order valence-electron chi connectivity index (χ4n) is 1.81. The summed E-state index contributed by atoms with van der Waals surface area (Å²) in [4.78, 5) is 11.6. The van der Waals surface area contributed by atoms with Gasteiger partial charge in [0, 0.05) is 13.7 Å². The summed E-state index contributed by atoms with van der Waals surface area (Å²) in [5.41, 5.74) is 0.644. The van der Waals surface area contributed by atoms with Gasteiger partial charge in [-0.2, -0.15) is 0 Å². The van der Waals surface area contributed by atoms with E-state index >= 15 is 0 Å². The van der Waals surface area contributed by atoms with Crippen molar-refractivity contribution in [2.24, 2.45) is 0 Å². The lowest BCUT2D eigenvalue weighted by molar-refractivity contribution is -0.122. The molecular weight excluding hydrogens is 300 g/mol. The molecule has 0 unspecified atom stereocenters. The third kappa shape index (κ3) is 5.59. The molecule has 1 aromatic heterocycles. The monoisotopic (exact) mass is 320 g/mol. The molecule has 0 saturated heterocycles. The minimum atomic E-state index is -0.144. The number of benzene rings is 1. The van der Waals surface area contributed by atoms with Gasteiger partial charge in [0.1, 0.15) is 30.3 Å². The van der Waals surface area contributed by atoms with E-state index in [-0.39, 0.29) is 19.1 Å². The molecule has 0 saturated carbocycles. The van der Waals surface area contributed by atoms with Crippen LogP contribution in [0.15, 0.2) is 30.5 Å². The smallest absolute Gasteiger partial charge is 0.241 e. The molecule has 1 N–H and O–H groups in total. The number of aromatic nitrogens is 3. The normalized spacial score (nSPS) is 10.3. The molecule has 0 fully saturated rings. The number of methoxy groups -OCH3 is 2. The highest BCUT2D eigenvalue weighted by molar-refractivity contribution is 5.75. The Morgan fingerprint density at radius 1 is 1.22 bits per heavy atom. The number of carbonyl (C=O) groups is 1. The quantitative estimate of drug-likeness (QED) is 0.682. The Balaban J connectivity index is 1.78. The van der Waals surface area contributed by atoms with E-state index in [1.54, 1.807) is 20.4 Å². The highest BCUT2D eigenvalue weighted by Gasteiger charge is 2.06. The van der Waals surface area contributed by atoms with Crippen molar-refractivity contribution in [3.8, 4) is 11.5 Å². The molecule has 0 bridgehead atoms. The van der Waals surface area contributed by atoms with Crippen molar-refractivity contribution < 1.29 is 19.0 Å². The number of ether oxygens (including phenoxy) is 3. The third-order valence-corrected chi connectivity index (χ3v) is 2.97. The van der Waals surface area contributed by atoms with Gasteiger partial charge in [-0.25, -0.2) is 4.68 Å². The number of hydrogen-bond donors (Lipinski definition) is 1. The van der Waals surface area contributed by atoms with Crippen molar-refractivity contribution in [1.82, 2.24) is 20.3 Å². The largest absolute Gasteiger partial charge is 0.497 e. The van der Waals surface area contributed by atoms with Gasteiger partial charge < -0.3 is 19.5 Å². The second kappa shape index (κ2) is 8.74. The maximum Gasteiger partial charge on any atom is 0.241 e. The van der Waals surface area contributed by atoms with Crippen LogP contribution in [0.4, 0.5) is 0 Å². The number of rotatable bonds is 9. The molecule has 8 heteroatoms. The molecule has 2 aromatic rings. The first-order chi connectivity index (χ1) is 11.2. The number of hydrogen-bond acceptors (Lipinski definition) is 6. The molecule has 2 rings (SSSR count). The molecule has 1 amide bonds. The summed E-state index contributed by atoms with van der Waals surface area (Å²) in [5.74, 6) is 1.33. The number of nitrogens with zero attached hydrogens (tertiary/aromatic N) is 3. The summed E-state index contributed by atoms with van der Waals surface area (Å²) < 4.78 is 17.0. The molecular formula is C15H20N4O4. The van der Waals surface area contributed by atoms with Gasteiger partial charge >= 0.3 is 0 Å². The van der Waals surface area contributed by atoms with Crippen molar-refractivity contribution in [3.63, 3.8) is 0 Å². The van der Waals surface area contributed by atoms with E-state index in [4.69, 9.17) is 14.2 Å². The molecule has 0 aliphatic carbocycles.